The molecule has 1 aromatic heterocycles. The number of rotatable bonds is 12. The highest BCUT2D eigenvalue weighted by Gasteiger charge is 2.41. The molecule has 1 heterocycles. The monoisotopic (exact) mass is 628 g/mol. The molecule has 2 aromatic rings. The van der Waals surface area contributed by atoms with Crippen LogP contribution in [0.15, 0.2) is 46.8 Å². The van der Waals surface area contributed by atoms with Crippen molar-refractivity contribution in [3.63, 3.8) is 0 Å². The van der Waals surface area contributed by atoms with Crippen molar-refractivity contribution in [2.24, 2.45) is 0 Å². The number of ether oxygens (including phenoxy) is 3. The van der Waals surface area contributed by atoms with Crippen LogP contribution >= 0.6 is 22.6 Å². The van der Waals surface area contributed by atoms with Crippen LogP contribution < -0.4 is 14.8 Å². The summed E-state index contributed by atoms with van der Waals surface area (Å²) in [5.41, 5.74) is 1.34. The summed E-state index contributed by atoms with van der Waals surface area (Å²) in [5, 5.41) is 23.2. The Morgan fingerprint density at radius 1 is 1.32 bits per heavy atom. The third kappa shape index (κ3) is 7.09. The van der Waals surface area contributed by atoms with Crippen molar-refractivity contribution in [1.82, 2.24) is 10.2 Å². The van der Waals surface area contributed by atoms with Gasteiger partial charge in [0.25, 0.3) is 0 Å². The van der Waals surface area contributed by atoms with Crippen molar-refractivity contribution in [3.05, 3.63) is 57.1 Å². The molecule has 0 aliphatic heterocycles. The lowest BCUT2D eigenvalue weighted by Crippen LogP contribution is -2.55. The summed E-state index contributed by atoms with van der Waals surface area (Å²) in [4.78, 5) is 38.7. The Balaban J connectivity index is 2.01. The van der Waals surface area contributed by atoms with Gasteiger partial charge in [-0.2, -0.15) is 0 Å². The summed E-state index contributed by atoms with van der Waals surface area (Å²) in [6.07, 6.45) is 2.87. The van der Waals surface area contributed by atoms with E-state index in [1.807, 2.05) is 22.6 Å². The van der Waals surface area contributed by atoms with E-state index < -0.39 is 30.1 Å². The van der Waals surface area contributed by atoms with E-state index in [-0.39, 0.29) is 49.8 Å². The van der Waals surface area contributed by atoms with Gasteiger partial charge in [-0.15, -0.1) is 0 Å². The van der Waals surface area contributed by atoms with Crippen molar-refractivity contribution in [2.45, 2.75) is 31.2 Å². The SMILES string of the molecule is COCC(=O)N(Cc1ccoc1)[C@@H]1CC(C(=O)NCCO)=C[C@H](Oc2c(I)cc(C=O)cc2OC)[C@H]1O. The van der Waals surface area contributed by atoms with E-state index in [4.69, 9.17) is 23.7 Å². The quantitative estimate of drug-likeness (QED) is 0.234. The number of aliphatic hydroxyl groups is 2. The van der Waals surface area contributed by atoms with Gasteiger partial charge in [-0.25, -0.2) is 0 Å². The van der Waals surface area contributed by atoms with E-state index in [9.17, 15) is 19.5 Å². The number of carbonyl (C=O) groups is 3. The highest BCUT2D eigenvalue weighted by molar-refractivity contribution is 14.1. The summed E-state index contributed by atoms with van der Waals surface area (Å²) in [5.74, 6) is -0.311. The first-order valence-electron chi connectivity index (χ1n) is 11.4. The van der Waals surface area contributed by atoms with Gasteiger partial charge in [-0.1, -0.05) is 0 Å². The number of nitrogens with zero attached hydrogens (tertiary/aromatic N) is 1. The predicted molar refractivity (Wildman–Crippen MR) is 139 cm³/mol. The standard InChI is InChI=1S/C25H29IN2O9/c1-34-14-22(31)28(11-15-3-6-36-13-15)19-9-17(25(33)27-4-5-29)10-20(23(19)32)37-24-18(26)7-16(12-30)8-21(24)35-2/h3,6-8,10,12-13,19-20,23,29,32H,4-5,9,11,14H2,1-2H3,(H,27,33)/t19-,20+,23+/m1/s1. The van der Waals surface area contributed by atoms with Crippen LogP contribution in [0, 0.1) is 3.57 Å². The molecule has 0 spiro atoms. The molecule has 37 heavy (non-hydrogen) atoms. The van der Waals surface area contributed by atoms with E-state index in [0.29, 0.717) is 21.0 Å². The number of hydrogen-bond donors (Lipinski definition) is 3. The zero-order valence-electron chi connectivity index (χ0n) is 20.4. The van der Waals surface area contributed by atoms with Gasteiger partial charge in [-0.3, -0.25) is 14.4 Å². The third-order valence-corrected chi connectivity index (χ3v) is 6.58. The number of aldehydes is 1. The summed E-state index contributed by atoms with van der Waals surface area (Å²) in [6.45, 7) is -0.341. The van der Waals surface area contributed by atoms with Gasteiger partial charge in [0.2, 0.25) is 11.8 Å². The number of halogens is 1. The predicted octanol–water partition coefficient (Wildman–Crippen LogP) is 1.30. The normalized spacial score (nSPS) is 19.1. The third-order valence-electron chi connectivity index (χ3n) is 5.78. The van der Waals surface area contributed by atoms with Gasteiger partial charge in [0.1, 0.15) is 25.1 Å². The number of hydrogen-bond acceptors (Lipinski definition) is 9. The minimum Gasteiger partial charge on any atom is -0.493 e. The smallest absolute Gasteiger partial charge is 0.249 e. The molecular formula is C25H29IN2O9. The van der Waals surface area contributed by atoms with Gasteiger partial charge in [0.05, 0.1) is 35.9 Å². The average Bonchev–Trinajstić information content (AvgIpc) is 3.41. The first-order chi connectivity index (χ1) is 17.8. The van der Waals surface area contributed by atoms with Crippen LogP contribution in [0.5, 0.6) is 11.5 Å². The van der Waals surface area contributed by atoms with E-state index >= 15 is 0 Å². The molecule has 12 heteroatoms. The summed E-state index contributed by atoms with van der Waals surface area (Å²) >= 11 is 1.99. The maximum atomic E-state index is 13.1. The summed E-state index contributed by atoms with van der Waals surface area (Å²) < 4.78 is 22.3. The number of nitrogens with one attached hydrogen (secondary N) is 1. The second kappa shape index (κ2) is 13.6. The number of aliphatic hydroxyl groups excluding tert-OH is 2. The fourth-order valence-corrected chi connectivity index (χ4v) is 4.77. The minimum atomic E-state index is -1.24. The van der Waals surface area contributed by atoms with Crippen LogP contribution in [-0.4, -0.2) is 85.4 Å². The minimum absolute atomic E-state index is 0.0316. The Morgan fingerprint density at radius 2 is 2.11 bits per heavy atom. The molecule has 3 N–H and O–H groups in total. The largest absolute Gasteiger partial charge is 0.493 e. The van der Waals surface area contributed by atoms with Crippen LogP contribution in [0.2, 0.25) is 0 Å². The second-order valence-corrected chi connectivity index (χ2v) is 9.42. The Hall–Kier alpha value is -2.94. The van der Waals surface area contributed by atoms with Gasteiger partial charge >= 0.3 is 0 Å². The second-order valence-electron chi connectivity index (χ2n) is 8.25. The van der Waals surface area contributed by atoms with Gasteiger partial charge in [0, 0.05) is 43.3 Å². The lowest BCUT2D eigenvalue weighted by molar-refractivity contribution is -0.143. The number of amides is 2. The number of benzene rings is 1. The maximum Gasteiger partial charge on any atom is 0.249 e. The van der Waals surface area contributed by atoms with E-state index in [2.05, 4.69) is 5.32 Å². The van der Waals surface area contributed by atoms with E-state index in [1.165, 1.54) is 43.8 Å². The molecule has 2 amide bonds. The molecule has 200 valence electrons. The molecule has 11 nitrogen and oxygen atoms in total. The number of furan rings is 1. The molecule has 1 aliphatic carbocycles. The fourth-order valence-electron chi connectivity index (χ4n) is 4.01. The molecule has 1 aliphatic rings. The Morgan fingerprint density at radius 3 is 2.73 bits per heavy atom. The lowest BCUT2D eigenvalue weighted by Gasteiger charge is -2.40. The zero-order valence-corrected chi connectivity index (χ0v) is 22.5. The molecule has 0 radical (unpaired) electrons. The average molecular weight is 628 g/mol. The molecule has 0 bridgehead atoms. The molecule has 0 saturated carbocycles. The molecule has 0 fully saturated rings. The van der Waals surface area contributed by atoms with Gasteiger partial charge in [0.15, 0.2) is 11.5 Å². The molecule has 1 aromatic carbocycles. The number of carbonyl (C=O) groups excluding carboxylic acids is 3. The molecule has 3 rings (SSSR count). The first-order valence-corrected chi connectivity index (χ1v) is 12.5. The van der Waals surface area contributed by atoms with Crippen LogP contribution in [0.25, 0.3) is 0 Å². The van der Waals surface area contributed by atoms with E-state index in [1.54, 1.807) is 12.1 Å². The maximum absolute atomic E-state index is 13.1. The first kappa shape index (κ1) is 28.6. The van der Waals surface area contributed by atoms with Gasteiger partial charge in [-0.05, 0) is 46.9 Å². The van der Waals surface area contributed by atoms with Crippen molar-refractivity contribution < 1.29 is 43.2 Å². The lowest BCUT2D eigenvalue weighted by atomic mass is 9.88. The van der Waals surface area contributed by atoms with Gasteiger partial charge < -0.3 is 39.1 Å². The Bertz CT molecular complexity index is 1120. The zero-order chi connectivity index (χ0) is 26.9. The van der Waals surface area contributed by atoms with E-state index in [0.717, 1.165) is 0 Å². The summed E-state index contributed by atoms with van der Waals surface area (Å²) in [7, 11) is 2.81. The van der Waals surface area contributed by atoms with Crippen LogP contribution in [0.3, 0.4) is 0 Å². The van der Waals surface area contributed by atoms with Crippen molar-refractivity contribution >= 4 is 40.7 Å². The molecule has 0 saturated heterocycles. The van der Waals surface area contributed by atoms with Crippen LogP contribution in [-0.2, 0) is 20.9 Å². The number of methoxy groups -OCH3 is 2. The molecule has 0 unspecified atom stereocenters. The van der Waals surface area contributed by atoms with Crippen molar-refractivity contribution in [1.29, 1.82) is 0 Å². The van der Waals surface area contributed by atoms with Crippen LogP contribution in [0.1, 0.15) is 22.3 Å². The Kier molecular flexibility index (Phi) is 10.5. The molecular weight excluding hydrogens is 599 g/mol. The topological polar surface area (TPSA) is 148 Å². The van der Waals surface area contributed by atoms with Crippen LogP contribution in [0.4, 0.5) is 0 Å². The summed E-state index contributed by atoms with van der Waals surface area (Å²) in [6, 6.07) is 3.94. The van der Waals surface area contributed by atoms with Crippen molar-refractivity contribution in [3.8, 4) is 11.5 Å². The molecule has 3 atom stereocenters. The Labute approximate surface area is 227 Å². The highest BCUT2D eigenvalue weighted by atomic mass is 127. The fraction of sp³-hybridized carbons (Fsp3) is 0.400. The highest BCUT2D eigenvalue weighted by Crippen LogP contribution is 2.37. The van der Waals surface area contributed by atoms with Crippen molar-refractivity contribution in [2.75, 3.05) is 34.0 Å².